The summed E-state index contributed by atoms with van der Waals surface area (Å²) in [5.74, 6) is -0.596. The van der Waals surface area contributed by atoms with Gasteiger partial charge < -0.3 is 14.6 Å². The summed E-state index contributed by atoms with van der Waals surface area (Å²) in [6.45, 7) is -0.359. The molecule has 1 N–H and O–H groups in total. The fourth-order valence-electron chi connectivity index (χ4n) is 1.46. The highest BCUT2D eigenvalue weighted by atomic mass is 16.6. The van der Waals surface area contributed by atoms with Crippen LogP contribution in [-0.4, -0.2) is 36.3 Å². The van der Waals surface area contributed by atoms with E-state index in [9.17, 15) is 14.9 Å². The lowest BCUT2D eigenvalue weighted by molar-refractivity contribution is -0.385. The van der Waals surface area contributed by atoms with Crippen LogP contribution in [0, 0.1) is 10.1 Å². The molecular formula is C12H15NO6. The maximum atomic E-state index is 10.9. The number of carbonyl (C=O) groups excluding carboxylic acids is 1. The molecule has 0 aliphatic heterocycles. The number of rotatable bonds is 7. The summed E-state index contributed by atoms with van der Waals surface area (Å²) in [5.41, 5.74) is 0.519. The third kappa shape index (κ3) is 4.55. The Morgan fingerprint density at radius 3 is 2.79 bits per heavy atom. The largest absolute Gasteiger partial charge is 0.475 e. The SMILES string of the molecule is COC(=O)COc1ccc(CCCO)cc1[N+](=O)[O-]. The summed E-state index contributed by atoms with van der Waals surface area (Å²) >= 11 is 0. The highest BCUT2D eigenvalue weighted by Crippen LogP contribution is 2.28. The normalized spacial score (nSPS) is 10.0. The number of methoxy groups -OCH3 is 1. The fourth-order valence-corrected chi connectivity index (χ4v) is 1.46. The van der Waals surface area contributed by atoms with Gasteiger partial charge in [0.05, 0.1) is 12.0 Å². The number of aryl methyl sites for hydroxylation is 1. The van der Waals surface area contributed by atoms with Gasteiger partial charge >= 0.3 is 11.7 Å². The molecule has 0 aliphatic rings. The van der Waals surface area contributed by atoms with Gasteiger partial charge in [-0.1, -0.05) is 6.07 Å². The van der Waals surface area contributed by atoms with Crippen LogP contribution in [0.25, 0.3) is 0 Å². The Bertz CT molecular complexity index is 460. The molecule has 0 saturated heterocycles. The van der Waals surface area contributed by atoms with Gasteiger partial charge in [-0.15, -0.1) is 0 Å². The minimum atomic E-state index is -0.612. The zero-order valence-corrected chi connectivity index (χ0v) is 10.5. The van der Waals surface area contributed by atoms with Gasteiger partial charge in [0.2, 0.25) is 0 Å². The lowest BCUT2D eigenvalue weighted by atomic mass is 10.1. The molecule has 1 aromatic carbocycles. The first kappa shape index (κ1) is 14.9. The second-order valence-electron chi connectivity index (χ2n) is 3.75. The Labute approximate surface area is 109 Å². The van der Waals surface area contributed by atoms with E-state index in [1.165, 1.54) is 19.2 Å². The number of nitro benzene ring substituents is 1. The predicted octanol–water partition coefficient (Wildman–Crippen LogP) is 1.07. The van der Waals surface area contributed by atoms with Crippen molar-refractivity contribution in [2.45, 2.75) is 12.8 Å². The Balaban J connectivity index is 2.85. The van der Waals surface area contributed by atoms with Crippen molar-refractivity contribution in [2.75, 3.05) is 20.3 Å². The standard InChI is InChI=1S/C12H15NO6/c1-18-12(15)8-19-11-5-4-9(3-2-6-14)7-10(11)13(16)17/h4-5,7,14H,2-3,6,8H2,1H3. The molecule has 1 rings (SSSR count). The summed E-state index contributed by atoms with van der Waals surface area (Å²) in [5, 5.41) is 19.6. The van der Waals surface area contributed by atoms with E-state index in [4.69, 9.17) is 9.84 Å². The zero-order valence-electron chi connectivity index (χ0n) is 10.5. The molecule has 19 heavy (non-hydrogen) atoms. The Morgan fingerprint density at radius 2 is 2.21 bits per heavy atom. The molecule has 7 heteroatoms. The Kier molecular flexibility index (Phi) is 5.74. The van der Waals surface area contributed by atoms with Crippen LogP contribution in [0.4, 0.5) is 5.69 Å². The van der Waals surface area contributed by atoms with Crippen LogP contribution in [0.5, 0.6) is 5.75 Å². The van der Waals surface area contributed by atoms with Crippen molar-refractivity contribution >= 4 is 11.7 Å². The van der Waals surface area contributed by atoms with E-state index in [1.807, 2.05) is 0 Å². The Hall–Kier alpha value is -2.15. The molecule has 0 aromatic heterocycles. The molecule has 0 heterocycles. The smallest absolute Gasteiger partial charge is 0.343 e. The number of carbonyl (C=O) groups is 1. The molecule has 0 amide bonds. The minimum Gasteiger partial charge on any atom is -0.475 e. The van der Waals surface area contributed by atoms with Crippen molar-refractivity contribution in [3.63, 3.8) is 0 Å². The van der Waals surface area contributed by atoms with Crippen LogP contribution in [0.2, 0.25) is 0 Å². The van der Waals surface area contributed by atoms with Gasteiger partial charge in [-0.3, -0.25) is 10.1 Å². The molecule has 0 fully saturated rings. The lowest BCUT2D eigenvalue weighted by Crippen LogP contribution is -2.13. The van der Waals surface area contributed by atoms with Gasteiger partial charge in [-0.05, 0) is 24.5 Å². The molecule has 0 radical (unpaired) electrons. The maximum absolute atomic E-state index is 10.9. The maximum Gasteiger partial charge on any atom is 0.343 e. The number of aliphatic hydroxyl groups is 1. The predicted molar refractivity (Wildman–Crippen MR) is 66.0 cm³/mol. The van der Waals surface area contributed by atoms with Crippen LogP contribution < -0.4 is 4.74 Å². The molecule has 0 unspecified atom stereocenters. The van der Waals surface area contributed by atoms with Gasteiger partial charge in [-0.2, -0.15) is 0 Å². The molecule has 7 nitrogen and oxygen atoms in total. The number of hydrogen-bond donors (Lipinski definition) is 1. The quantitative estimate of drug-likeness (QED) is 0.451. The van der Waals surface area contributed by atoms with E-state index in [1.54, 1.807) is 6.07 Å². The number of hydrogen-bond acceptors (Lipinski definition) is 6. The first-order valence-electron chi connectivity index (χ1n) is 5.66. The number of ether oxygens (including phenoxy) is 2. The molecule has 0 saturated carbocycles. The molecular weight excluding hydrogens is 254 g/mol. The number of aliphatic hydroxyl groups excluding tert-OH is 1. The van der Waals surface area contributed by atoms with Crippen LogP contribution in [0.3, 0.4) is 0 Å². The van der Waals surface area contributed by atoms with Crippen molar-refractivity contribution in [3.8, 4) is 5.75 Å². The lowest BCUT2D eigenvalue weighted by Gasteiger charge is -2.07. The third-order valence-corrected chi connectivity index (χ3v) is 2.42. The van der Waals surface area contributed by atoms with E-state index in [2.05, 4.69) is 4.74 Å². The van der Waals surface area contributed by atoms with Gasteiger partial charge in [0, 0.05) is 12.7 Å². The highest BCUT2D eigenvalue weighted by Gasteiger charge is 2.17. The second kappa shape index (κ2) is 7.32. The molecule has 0 atom stereocenters. The van der Waals surface area contributed by atoms with Crippen molar-refractivity contribution in [1.82, 2.24) is 0 Å². The first-order chi connectivity index (χ1) is 9.08. The summed E-state index contributed by atoms with van der Waals surface area (Å²) in [6.07, 6.45) is 1.06. The third-order valence-electron chi connectivity index (χ3n) is 2.42. The first-order valence-corrected chi connectivity index (χ1v) is 5.66. The molecule has 0 spiro atoms. The van der Waals surface area contributed by atoms with E-state index < -0.39 is 10.9 Å². The van der Waals surface area contributed by atoms with Crippen molar-refractivity contribution in [1.29, 1.82) is 0 Å². The van der Waals surface area contributed by atoms with E-state index in [0.29, 0.717) is 12.8 Å². The number of nitro groups is 1. The molecule has 104 valence electrons. The highest BCUT2D eigenvalue weighted by molar-refractivity contribution is 5.71. The summed E-state index contributed by atoms with van der Waals surface area (Å²) in [6, 6.07) is 4.48. The second-order valence-corrected chi connectivity index (χ2v) is 3.75. The van der Waals surface area contributed by atoms with Crippen molar-refractivity contribution in [2.24, 2.45) is 0 Å². The van der Waals surface area contributed by atoms with Gasteiger partial charge in [-0.25, -0.2) is 4.79 Å². The average molecular weight is 269 g/mol. The van der Waals surface area contributed by atoms with E-state index in [0.717, 1.165) is 5.56 Å². The van der Waals surface area contributed by atoms with Crippen LogP contribution in [-0.2, 0) is 16.0 Å². The molecule has 1 aromatic rings. The Morgan fingerprint density at radius 1 is 1.47 bits per heavy atom. The summed E-state index contributed by atoms with van der Waals surface area (Å²) in [4.78, 5) is 21.3. The van der Waals surface area contributed by atoms with Gasteiger partial charge in [0.25, 0.3) is 0 Å². The van der Waals surface area contributed by atoms with Crippen LogP contribution >= 0.6 is 0 Å². The van der Waals surface area contributed by atoms with E-state index in [-0.39, 0.29) is 24.7 Å². The molecule has 0 bridgehead atoms. The fraction of sp³-hybridized carbons (Fsp3) is 0.417. The van der Waals surface area contributed by atoms with Crippen molar-refractivity contribution in [3.05, 3.63) is 33.9 Å². The minimum absolute atomic E-state index is 0.0168. The van der Waals surface area contributed by atoms with Crippen molar-refractivity contribution < 1.29 is 24.3 Å². The van der Waals surface area contributed by atoms with Crippen LogP contribution in [0.15, 0.2) is 18.2 Å². The van der Waals surface area contributed by atoms with Gasteiger partial charge in [0.15, 0.2) is 12.4 Å². The number of esters is 1. The summed E-state index contributed by atoms with van der Waals surface area (Å²) in [7, 11) is 1.21. The number of nitrogens with zero attached hydrogens (tertiary/aromatic N) is 1. The topological polar surface area (TPSA) is 98.9 Å². The number of benzene rings is 1. The summed E-state index contributed by atoms with van der Waals surface area (Å²) < 4.78 is 9.43. The van der Waals surface area contributed by atoms with E-state index >= 15 is 0 Å². The molecule has 0 aliphatic carbocycles. The zero-order chi connectivity index (χ0) is 14.3. The monoisotopic (exact) mass is 269 g/mol. The van der Waals surface area contributed by atoms with Crippen LogP contribution in [0.1, 0.15) is 12.0 Å². The average Bonchev–Trinajstić information content (AvgIpc) is 2.42. The van der Waals surface area contributed by atoms with Gasteiger partial charge in [0.1, 0.15) is 0 Å².